The minimum absolute atomic E-state index is 0.0545. The van der Waals surface area contributed by atoms with E-state index in [9.17, 15) is 9.59 Å². The van der Waals surface area contributed by atoms with Gasteiger partial charge in [-0.1, -0.05) is 30.3 Å². The van der Waals surface area contributed by atoms with E-state index in [-0.39, 0.29) is 24.2 Å². The molecule has 0 radical (unpaired) electrons. The molecule has 1 amide bonds. The monoisotopic (exact) mass is 552 g/mol. The minimum atomic E-state index is -0.533. The molecular weight excluding hydrogens is 508 g/mol. The highest BCUT2D eigenvalue weighted by Gasteiger charge is 2.38. The van der Waals surface area contributed by atoms with Gasteiger partial charge in [0.1, 0.15) is 5.60 Å². The molecule has 10 heteroatoms. The largest absolute Gasteiger partial charge is 0.462 e. The highest BCUT2D eigenvalue weighted by molar-refractivity contribution is 5.88. The molecule has 0 saturated carbocycles. The minimum Gasteiger partial charge on any atom is -0.462 e. The van der Waals surface area contributed by atoms with E-state index in [0.29, 0.717) is 24.7 Å². The fourth-order valence-corrected chi connectivity index (χ4v) is 5.39. The van der Waals surface area contributed by atoms with E-state index in [4.69, 9.17) is 9.47 Å². The number of amides is 1. The normalized spacial score (nSPS) is 22.7. The first-order chi connectivity index (χ1) is 19.0. The van der Waals surface area contributed by atoms with Crippen LogP contribution in [0.4, 0.5) is 10.7 Å². The highest BCUT2D eigenvalue weighted by atomic mass is 16.6. The Morgan fingerprint density at radius 1 is 0.950 bits per heavy atom. The molecule has 1 aromatic carbocycles. The van der Waals surface area contributed by atoms with E-state index in [1.54, 1.807) is 6.92 Å². The Bertz CT molecular complexity index is 1120. The van der Waals surface area contributed by atoms with Crippen molar-refractivity contribution in [3.63, 3.8) is 0 Å². The predicted octanol–water partition coefficient (Wildman–Crippen LogP) is 3.67. The second-order valence-electron chi connectivity index (χ2n) is 11.8. The molecule has 10 nitrogen and oxygen atoms in total. The standard InChI is InChI=1S/C30H44N6O4/c1-7-39-27(37)25-15-31-28(32-16-25)34-14-13-33(22(2)17-34)20-26-21-36(29(38)40-30(4,5)6)23(3)18-35(26)19-24-11-9-8-10-12-24/h8-12,15-16,22-23,26H,7,13-14,17-21H2,1-6H3/t22-,23-,26?/m1/s1. The number of ether oxygens (including phenoxy) is 2. The summed E-state index contributed by atoms with van der Waals surface area (Å²) in [5, 5.41) is 0. The molecule has 2 fully saturated rings. The Hall–Kier alpha value is -3.24. The lowest BCUT2D eigenvalue weighted by Crippen LogP contribution is -2.63. The third kappa shape index (κ3) is 7.69. The predicted molar refractivity (Wildman–Crippen MR) is 154 cm³/mol. The topological polar surface area (TPSA) is 91.3 Å². The van der Waals surface area contributed by atoms with Gasteiger partial charge in [0.15, 0.2) is 0 Å². The van der Waals surface area contributed by atoms with E-state index in [2.05, 4.69) is 62.8 Å². The molecule has 1 unspecified atom stereocenters. The number of nitrogens with zero attached hydrogens (tertiary/aromatic N) is 6. The number of carbonyl (C=O) groups is 2. The van der Waals surface area contributed by atoms with Crippen LogP contribution in [-0.4, -0.2) is 106 Å². The molecule has 3 heterocycles. The fourth-order valence-electron chi connectivity index (χ4n) is 5.39. The van der Waals surface area contributed by atoms with Crippen LogP contribution in [0.25, 0.3) is 0 Å². The molecule has 218 valence electrons. The van der Waals surface area contributed by atoms with Crippen LogP contribution >= 0.6 is 0 Å². The smallest absolute Gasteiger partial charge is 0.410 e. The van der Waals surface area contributed by atoms with Crippen molar-refractivity contribution < 1.29 is 19.1 Å². The van der Waals surface area contributed by atoms with Crippen LogP contribution in [-0.2, 0) is 16.0 Å². The second kappa shape index (κ2) is 13.0. The number of carbonyl (C=O) groups excluding carboxylic acids is 2. The van der Waals surface area contributed by atoms with Gasteiger partial charge in [-0.25, -0.2) is 19.6 Å². The van der Waals surface area contributed by atoms with Crippen molar-refractivity contribution >= 4 is 18.0 Å². The summed E-state index contributed by atoms with van der Waals surface area (Å²) in [7, 11) is 0. The van der Waals surface area contributed by atoms with Gasteiger partial charge in [-0.05, 0) is 47.1 Å². The molecule has 2 saturated heterocycles. The summed E-state index contributed by atoms with van der Waals surface area (Å²) in [5.41, 5.74) is 1.10. The van der Waals surface area contributed by atoms with Gasteiger partial charge < -0.3 is 19.3 Å². The Morgan fingerprint density at radius 2 is 1.65 bits per heavy atom. The Balaban J connectivity index is 1.44. The first-order valence-corrected chi connectivity index (χ1v) is 14.3. The Labute approximate surface area is 238 Å². The molecule has 1 aromatic heterocycles. The van der Waals surface area contributed by atoms with E-state index >= 15 is 0 Å². The third-order valence-electron chi connectivity index (χ3n) is 7.45. The zero-order valence-corrected chi connectivity index (χ0v) is 24.7. The third-order valence-corrected chi connectivity index (χ3v) is 7.45. The summed E-state index contributed by atoms with van der Waals surface area (Å²) >= 11 is 0. The number of piperazine rings is 2. The van der Waals surface area contributed by atoms with Gasteiger partial charge in [0.2, 0.25) is 5.95 Å². The first kappa shape index (κ1) is 29.7. The van der Waals surface area contributed by atoms with Crippen LogP contribution in [0.1, 0.15) is 57.5 Å². The van der Waals surface area contributed by atoms with Crippen molar-refractivity contribution in [3.05, 3.63) is 53.9 Å². The van der Waals surface area contributed by atoms with Crippen LogP contribution in [0.15, 0.2) is 42.7 Å². The van der Waals surface area contributed by atoms with Gasteiger partial charge in [-0.3, -0.25) is 9.80 Å². The quantitative estimate of drug-likeness (QED) is 0.477. The van der Waals surface area contributed by atoms with E-state index in [1.807, 2.05) is 31.7 Å². The van der Waals surface area contributed by atoms with Gasteiger partial charge >= 0.3 is 12.1 Å². The SMILES string of the molecule is CCOC(=O)c1cnc(N2CCN(CC3CN(C(=O)OC(C)(C)C)[C@H](C)CN3Cc3ccccc3)[C@H](C)C2)nc1. The molecule has 2 aromatic rings. The van der Waals surface area contributed by atoms with Crippen LogP contribution in [0.5, 0.6) is 0 Å². The van der Waals surface area contributed by atoms with Crippen molar-refractivity contribution in [1.82, 2.24) is 24.7 Å². The van der Waals surface area contributed by atoms with E-state index < -0.39 is 11.6 Å². The average molecular weight is 553 g/mol. The molecular formula is C30H44N6O4. The van der Waals surface area contributed by atoms with Crippen LogP contribution in [0.3, 0.4) is 0 Å². The van der Waals surface area contributed by atoms with Crippen molar-refractivity contribution in [2.24, 2.45) is 0 Å². The number of rotatable bonds is 7. The average Bonchev–Trinajstić information content (AvgIpc) is 2.91. The summed E-state index contributed by atoms with van der Waals surface area (Å²) in [6, 6.07) is 11.0. The molecule has 2 aliphatic rings. The van der Waals surface area contributed by atoms with Crippen LogP contribution < -0.4 is 4.90 Å². The van der Waals surface area contributed by atoms with Gasteiger partial charge in [0.05, 0.1) is 12.2 Å². The molecule has 2 aliphatic heterocycles. The molecule has 40 heavy (non-hydrogen) atoms. The van der Waals surface area contributed by atoms with Gasteiger partial charge in [0, 0.05) is 76.3 Å². The van der Waals surface area contributed by atoms with Gasteiger partial charge in [-0.15, -0.1) is 0 Å². The van der Waals surface area contributed by atoms with Crippen molar-refractivity contribution in [2.45, 2.75) is 71.8 Å². The fraction of sp³-hybridized carbons (Fsp3) is 0.600. The zero-order valence-electron chi connectivity index (χ0n) is 24.7. The van der Waals surface area contributed by atoms with Gasteiger partial charge in [0.25, 0.3) is 0 Å². The maximum Gasteiger partial charge on any atom is 0.410 e. The molecule has 3 atom stereocenters. The zero-order chi connectivity index (χ0) is 28.9. The number of hydrogen-bond acceptors (Lipinski definition) is 9. The molecule has 4 rings (SSSR count). The maximum atomic E-state index is 13.1. The lowest BCUT2D eigenvalue weighted by Gasteiger charge is -2.48. The summed E-state index contributed by atoms with van der Waals surface area (Å²) in [6.45, 7) is 17.6. The lowest BCUT2D eigenvalue weighted by atomic mass is 10.0. The summed E-state index contributed by atoms with van der Waals surface area (Å²) in [4.78, 5) is 43.0. The summed E-state index contributed by atoms with van der Waals surface area (Å²) < 4.78 is 10.8. The lowest BCUT2D eigenvalue weighted by molar-refractivity contribution is -0.0227. The Kier molecular flexibility index (Phi) is 9.63. The molecule has 0 N–H and O–H groups in total. The maximum absolute atomic E-state index is 13.1. The summed E-state index contributed by atoms with van der Waals surface area (Å²) in [6.07, 6.45) is 2.83. The number of anilines is 1. The summed E-state index contributed by atoms with van der Waals surface area (Å²) in [5.74, 6) is 0.211. The van der Waals surface area contributed by atoms with E-state index in [0.717, 1.165) is 39.3 Å². The van der Waals surface area contributed by atoms with Crippen LogP contribution in [0, 0.1) is 0 Å². The number of hydrogen-bond donors (Lipinski definition) is 0. The van der Waals surface area contributed by atoms with Crippen molar-refractivity contribution in [2.75, 3.05) is 50.8 Å². The van der Waals surface area contributed by atoms with Crippen molar-refractivity contribution in [3.8, 4) is 0 Å². The number of esters is 1. The number of aromatic nitrogens is 2. The molecule has 0 spiro atoms. The first-order valence-electron chi connectivity index (χ1n) is 14.3. The highest BCUT2D eigenvalue weighted by Crippen LogP contribution is 2.24. The van der Waals surface area contributed by atoms with Crippen LogP contribution in [0.2, 0.25) is 0 Å². The molecule has 0 bridgehead atoms. The van der Waals surface area contributed by atoms with Crippen molar-refractivity contribution in [1.29, 1.82) is 0 Å². The second-order valence-corrected chi connectivity index (χ2v) is 11.8. The van der Waals surface area contributed by atoms with E-state index in [1.165, 1.54) is 18.0 Å². The molecule has 0 aliphatic carbocycles. The van der Waals surface area contributed by atoms with Gasteiger partial charge in [-0.2, -0.15) is 0 Å². The Morgan fingerprint density at radius 3 is 2.27 bits per heavy atom. The number of benzene rings is 1.